The summed E-state index contributed by atoms with van der Waals surface area (Å²) >= 11 is 0. The number of nitrogens with zero attached hydrogens (tertiary/aromatic N) is 2. The van der Waals surface area contributed by atoms with Crippen molar-refractivity contribution in [3.8, 4) is 0 Å². The van der Waals surface area contributed by atoms with Gasteiger partial charge in [-0.3, -0.25) is 19.8 Å². The van der Waals surface area contributed by atoms with Gasteiger partial charge in [0, 0.05) is 25.1 Å². The van der Waals surface area contributed by atoms with Crippen molar-refractivity contribution in [2.24, 2.45) is 0 Å². The van der Waals surface area contributed by atoms with E-state index in [4.69, 9.17) is 4.42 Å². The van der Waals surface area contributed by atoms with Crippen LogP contribution >= 0.6 is 0 Å². The van der Waals surface area contributed by atoms with Gasteiger partial charge in [0.1, 0.15) is 5.76 Å². The molecule has 7 heteroatoms. The summed E-state index contributed by atoms with van der Waals surface area (Å²) in [6, 6.07) is 9.00. The predicted octanol–water partition coefficient (Wildman–Crippen LogP) is 3.49. The molecule has 7 nitrogen and oxygen atoms in total. The average molecular weight is 343 g/mol. The molecular formula is C18H21N3O4. The summed E-state index contributed by atoms with van der Waals surface area (Å²) < 4.78 is 5.39. The summed E-state index contributed by atoms with van der Waals surface area (Å²) in [5, 5.41) is 13.8. The molecule has 1 saturated carbocycles. The van der Waals surface area contributed by atoms with E-state index in [1.807, 2.05) is 12.1 Å². The monoisotopic (exact) mass is 343 g/mol. The van der Waals surface area contributed by atoms with E-state index >= 15 is 0 Å². The molecule has 0 spiro atoms. The van der Waals surface area contributed by atoms with Gasteiger partial charge in [0.05, 0.1) is 29.0 Å². The second kappa shape index (κ2) is 7.48. The number of carbonyl (C=O) groups is 1. The van der Waals surface area contributed by atoms with Gasteiger partial charge in [-0.25, -0.2) is 0 Å². The van der Waals surface area contributed by atoms with Crippen LogP contribution in [0.3, 0.4) is 0 Å². The van der Waals surface area contributed by atoms with E-state index in [2.05, 4.69) is 10.2 Å². The van der Waals surface area contributed by atoms with Gasteiger partial charge in [-0.2, -0.15) is 0 Å². The number of nitro benzene ring substituents is 1. The molecule has 1 aliphatic carbocycles. The first-order chi connectivity index (χ1) is 12.0. The zero-order chi connectivity index (χ0) is 17.8. The molecule has 0 radical (unpaired) electrons. The van der Waals surface area contributed by atoms with Crippen LogP contribution in [-0.4, -0.2) is 28.3 Å². The number of nitro groups is 1. The minimum Gasteiger partial charge on any atom is -0.468 e. The summed E-state index contributed by atoms with van der Waals surface area (Å²) in [5.41, 5.74) is 0.967. The first kappa shape index (κ1) is 17.2. The van der Waals surface area contributed by atoms with Gasteiger partial charge in [-0.1, -0.05) is 6.07 Å². The molecule has 1 aliphatic rings. The second-order valence-corrected chi connectivity index (χ2v) is 6.29. The fraction of sp³-hybridized carbons (Fsp3) is 0.389. The molecular weight excluding hydrogens is 322 g/mol. The highest BCUT2D eigenvalue weighted by Gasteiger charge is 2.29. The van der Waals surface area contributed by atoms with Crippen molar-refractivity contribution < 1.29 is 14.1 Å². The number of amides is 1. The summed E-state index contributed by atoms with van der Waals surface area (Å²) in [6.07, 6.45) is 4.27. The van der Waals surface area contributed by atoms with Crippen LogP contribution in [0.5, 0.6) is 0 Å². The molecule has 0 saturated heterocycles. The summed E-state index contributed by atoms with van der Waals surface area (Å²) in [6.45, 7) is 2.97. The number of benzene rings is 1. The lowest BCUT2D eigenvalue weighted by Crippen LogP contribution is -2.29. The largest absolute Gasteiger partial charge is 0.468 e. The molecule has 2 aromatic rings. The van der Waals surface area contributed by atoms with E-state index in [0.29, 0.717) is 36.8 Å². The molecule has 0 aliphatic heterocycles. The van der Waals surface area contributed by atoms with Crippen LogP contribution in [0.2, 0.25) is 0 Å². The number of hydrogen-bond donors (Lipinski definition) is 1. The minimum atomic E-state index is -0.441. The summed E-state index contributed by atoms with van der Waals surface area (Å²) in [5.74, 6) is 0.746. The molecule has 3 rings (SSSR count). The number of nitrogens with one attached hydrogen (secondary N) is 1. The highest BCUT2D eigenvalue weighted by atomic mass is 16.6. The lowest BCUT2D eigenvalue weighted by Gasteiger charge is -2.20. The second-order valence-electron chi connectivity index (χ2n) is 6.29. The first-order valence-corrected chi connectivity index (χ1v) is 8.35. The zero-order valence-electron chi connectivity index (χ0n) is 14.1. The van der Waals surface area contributed by atoms with Crippen molar-refractivity contribution in [1.82, 2.24) is 4.90 Å². The SMILES string of the molecule is Cc1c(NC(=O)CCN(Cc2ccco2)C2CC2)cccc1[N+](=O)[O-]. The fourth-order valence-electron chi connectivity index (χ4n) is 2.85. The lowest BCUT2D eigenvalue weighted by molar-refractivity contribution is -0.385. The Bertz CT molecular complexity index is 754. The normalized spacial score (nSPS) is 13.8. The van der Waals surface area contributed by atoms with Crippen LogP contribution in [-0.2, 0) is 11.3 Å². The molecule has 0 atom stereocenters. The van der Waals surface area contributed by atoms with Crippen LogP contribution in [0.15, 0.2) is 41.0 Å². The molecule has 1 aromatic heterocycles. The quantitative estimate of drug-likeness (QED) is 0.585. The van der Waals surface area contributed by atoms with Crippen LogP contribution in [0.1, 0.15) is 30.6 Å². The smallest absolute Gasteiger partial charge is 0.274 e. The minimum absolute atomic E-state index is 0.00947. The number of furan rings is 1. The third kappa shape index (κ3) is 4.45. The third-order valence-corrected chi connectivity index (χ3v) is 4.40. The van der Waals surface area contributed by atoms with Gasteiger partial charge >= 0.3 is 0 Å². The molecule has 132 valence electrons. The maximum Gasteiger partial charge on any atom is 0.274 e. The van der Waals surface area contributed by atoms with Crippen molar-refractivity contribution in [1.29, 1.82) is 0 Å². The van der Waals surface area contributed by atoms with Crippen LogP contribution in [0, 0.1) is 17.0 Å². The van der Waals surface area contributed by atoms with E-state index in [1.54, 1.807) is 25.3 Å². The Labute approximate surface area is 145 Å². The molecule has 1 heterocycles. The highest BCUT2D eigenvalue weighted by Crippen LogP contribution is 2.29. The molecule has 25 heavy (non-hydrogen) atoms. The Balaban J connectivity index is 1.57. The van der Waals surface area contributed by atoms with Crippen molar-refractivity contribution in [2.75, 3.05) is 11.9 Å². The first-order valence-electron chi connectivity index (χ1n) is 8.35. The number of rotatable bonds is 8. The van der Waals surface area contributed by atoms with Gasteiger partial charge in [-0.05, 0) is 38.0 Å². The number of anilines is 1. The third-order valence-electron chi connectivity index (χ3n) is 4.40. The van der Waals surface area contributed by atoms with Crippen LogP contribution in [0.25, 0.3) is 0 Å². The molecule has 1 fully saturated rings. The van der Waals surface area contributed by atoms with E-state index in [0.717, 1.165) is 18.6 Å². The molecule has 1 amide bonds. The Morgan fingerprint density at radius 3 is 2.80 bits per heavy atom. The van der Waals surface area contributed by atoms with Gasteiger partial charge in [0.25, 0.3) is 5.69 Å². The lowest BCUT2D eigenvalue weighted by atomic mass is 10.1. The van der Waals surface area contributed by atoms with Crippen molar-refractivity contribution in [3.05, 3.63) is 58.0 Å². The highest BCUT2D eigenvalue weighted by molar-refractivity contribution is 5.92. The fourth-order valence-corrected chi connectivity index (χ4v) is 2.85. The molecule has 1 N–H and O–H groups in total. The topological polar surface area (TPSA) is 88.6 Å². The molecule has 1 aromatic carbocycles. The van der Waals surface area contributed by atoms with Crippen molar-refractivity contribution in [2.45, 2.75) is 38.8 Å². The Morgan fingerprint density at radius 2 is 2.16 bits per heavy atom. The molecule has 0 bridgehead atoms. The predicted molar refractivity (Wildman–Crippen MR) is 93.2 cm³/mol. The van der Waals surface area contributed by atoms with E-state index in [-0.39, 0.29) is 11.6 Å². The van der Waals surface area contributed by atoms with Crippen LogP contribution < -0.4 is 5.32 Å². The Morgan fingerprint density at radius 1 is 1.36 bits per heavy atom. The summed E-state index contributed by atoms with van der Waals surface area (Å²) in [4.78, 5) is 25.1. The zero-order valence-corrected chi connectivity index (χ0v) is 14.1. The number of hydrogen-bond acceptors (Lipinski definition) is 5. The maximum atomic E-state index is 12.3. The van der Waals surface area contributed by atoms with E-state index < -0.39 is 4.92 Å². The van der Waals surface area contributed by atoms with Gasteiger partial charge in [-0.15, -0.1) is 0 Å². The van der Waals surface area contributed by atoms with Gasteiger partial charge < -0.3 is 9.73 Å². The number of carbonyl (C=O) groups excluding carboxylic acids is 1. The van der Waals surface area contributed by atoms with Crippen molar-refractivity contribution in [3.63, 3.8) is 0 Å². The van der Waals surface area contributed by atoms with Crippen molar-refractivity contribution >= 4 is 17.3 Å². The standard InChI is InChI=1S/C18H21N3O4/c1-13-16(5-2-6-17(13)21(23)24)19-18(22)9-10-20(14-7-8-14)12-15-4-3-11-25-15/h2-6,11,14H,7-10,12H2,1H3,(H,19,22). The van der Waals surface area contributed by atoms with E-state index in [9.17, 15) is 14.9 Å². The Kier molecular flexibility index (Phi) is 5.14. The molecule has 0 unspecified atom stereocenters. The van der Waals surface area contributed by atoms with E-state index in [1.165, 1.54) is 6.07 Å². The van der Waals surface area contributed by atoms with Gasteiger partial charge in [0.15, 0.2) is 0 Å². The average Bonchev–Trinajstić information content (AvgIpc) is 3.30. The van der Waals surface area contributed by atoms with Gasteiger partial charge in [0.2, 0.25) is 5.91 Å². The summed E-state index contributed by atoms with van der Waals surface area (Å²) in [7, 11) is 0. The Hall–Kier alpha value is -2.67. The maximum absolute atomic E-state index is 12.3. The van der Waals surface area contributed by atoms with Crippen LogP contribution in [0.4, 0.5) is 11.4 Å².